The van der Waals surface area contributed by atoms with Crippen molar-refractivity contribution in [3.63, 3.8) is 0 Å². The molecule has 0 aromatic heterocycles. The summed E-state index contributed by atoms with van der Waals surface area (Å²) < 4.78 is 13.2. The van der Waals surface area contributed by atoms with Gasteiger partial charge in [-0.2, -0.15) is 0 Å². The Labute approximate surface area is 113 Å². The van der Waals surface area contributed by atoms with E-state index in [2.05, 4.69) is 0 Å². The molecule has 5 heteroatoms. The average Bonchev–Trinajstić information content (AvgIpc) is 2.30. The van der Waals surface area contributed by atoms with Crippen LogP contribution in [-0.2, 0) is 0 Å². The first-order valence-electron chi connectivity index (χ1n) is 6.31. The van der Waals surface area contributed by atoms with Crippen molar-refractivity contribution in [1.29, 1.82) is 0 Å². The van der Waals surface area contributed by atoms with Gasteiger partial charge < -0.3 is 14.9 Å². The molecule has 106 valence electrons. The van der Waals surface area contributed by atoms with Crippen LogP contribution in [0.15, 0.2) is 18.2 Å². The molecular formula is C14H21FN2O2. The minimum Gasteiger partial charge on any atom is -0.478 e. The molecule has 1 N–H and O–H groups in total. The van der Waals surface area contributed by atoms with Crippen LogP contribution in [0.3, 0.4) is 0 Å². The van der Waals surface area contributed by atoms with E-state index < -0.39 is 11.8 Å². The summed E-state index contributed by atoms with van der Waals surface area (Å²) >= 11 is 0. The van der Waals surface area contributed by atoms with Gasteiger partial charge in [0.1, 0.15) is 5.82 Å². The third-order valence-corrected chi connectivity index (χ3v) is 3.00. The maximum Gasteiger partial charge on any atom is 0.337 e. The molecule has 0 bridgehead atoms. The summed E-state index contributed by atoms with van der Waals surface area (Å²) in [6, 6.07) is 4.05. The van der Waals surface area contributed by atoms with Crippen molar-refractivity contribution in [2.75, 3.05) is 32.1 Å². The number of carbonyl (C=O) groups is 1. The number of aromatic carboxylic acids is 1. The monoisotopic (exact) mass is 268 g/mol. The Morgan fingerprint density at radius 2 is 2.05 bits per heavy atom. The van der Waals surface area contributed by atoms with Gasteiger partial charge in [0.05, 0.1) is 11.3 Å². The van der Waals surface area contributed by atoms with Crippen molar-refractivity contribution in [3.05, 3.63) is 29.6 Å². The van der Waals surface area contributed by atoms with Crippen molar-refractivity contribution in [2.45, 2.75) is 19.9 Å². The van der Waals surface area contributed by atoms with Gasteiger partial charge in [-0.05, 0) is 46.1 Å². The summed E-state index contributed by atoms with van der Waals surface area (Å²) in [5, 5.41) is 9.19. The van der Waals surface area contributed by atoms with Crippen LogP contribution in [0.1, 0.15) is 24.2 Å². The van der Waals surface area contributed by atoms with Crippen LogP contribution >= 0.6 is 0 Å². The lowest BCUT2D eigenvalue weighted by atomic mass is 10.1. The topological polar surface area (TPSA) is 43.8 Å². The molecular weight excluding hydrogens is 247 g/mol. The molecule has 0 fully saturated rings. The molecule has 4 nitrogen and oxygen atoms in total. The van der Waals surface area contributed by atoms with Crippen molar-refractivity contribution in [1.82, 2.24) is 4.90 Å². The lowest BCUT2D eigenvalue weighted by Gasteiger charge is -2.33. The molecule has 1 rings (SSSR count). The highest BCUT2D eigenvalue weighted by molar-refractivity contribution is 5.94. The van der Waals surface area contributed by atoms with Crippen LogP contribution in [0.2, 0.25) is 0 Å². The predicted molar refractivity (Wildman–Crippen MR) is 74.4 cm³/mol. The molecule has 0 saturated carbocycles. The van der Waals surface area contributed by atoms with Crippen molar-refractivity contribution in [3.8, 4) is 0 Å². The highest BCUT2D eigenvalue weighted by atomic mass is 19.1. The molecule has 1 atom stereocenters. The number of hydrogen-bond donors (Lipinski definition) is 1. The highest BCUT2D eigenvalue weighted by Gasteiger charge is 2.20. The molecule has 1 aromatic carbocycles. The molecule has 1 aromatic rings. The van der Waals surface area contributed by atoms with E-state index in [0.717, 1.165) is 12.6 Å². The summed E-state index contributed by atoms with van der Waals surface area (Å²) in [6.45, 7) is 5.45. The Morgan fingerprint density at radius 1 is 1.42 bits per heavy atom. The fraction of sp³-hybridized carbons (Fsp3) is 0.500. The fourth-order valence-corrected chi connectivity index (χ4v) is 2.28. The maximum absolute atomic E-state index is 13.2. The summed E-state index contributed by atoms with van der Waals surface area (Å²) in [6.07, 6.45) is 0. The number of rotatable bonds is 6. The lowest BCUT2D eigenvalue weighted by Crippen LogP contribution is -2.40. The molecule has 0 radical (unpaired) electrons. The summed E-state index contributed by atoms with van der Waals surface area (Å²) in [7, 11) is 3.93. The van der Waals surface area contributed by atoms with Gasteiger partial charge in [-0.1, -0.05) is 0 Å². The quantitative estimate of drug-likeness (QED) is 0.859. The van der Waals surface area contributed by atoms with Crippen LogP contribution in [0.4, 0.5) is 10.1 Å². The first kappa shape index (κ1) is 15.4. The van der Waals surface area contributed by atoms with Gasteiger partial charge in [0.15, 0.2) is 0 Å². The molecule has 0 aliphatic heterocycles. The standard InChI is InChI=1S/C14H21FN2O2/c1-5-17(10(2)9-16(3)4)13-7-6-11(15)8-12(13)14(18)19/h6-8,10H,5,9H2,1-4H3,(H,18,19). The summed E-state index contributed by atoms with van der Waals surface area (Å²) in [5.41, 5.74) is 0.568. The Kier molecular flexibility index (Phi) is 5.30. The number of carboxylic acids is 1. The Morgan fingerprint density at radius 3 is 2.53 bits per heavy atom. The van der Waals surface area contributed by atoms with Gasteiger partial charge >= 0.3 is 5.97 Å². The molecule has 0 heterocycles. The van der Waals surface area contributed by atoms with Crippen molar-refractivity contribution < 1.29 is 14.3 Å². The lowest BCUT2D eigenvalue weighted by molar-refractivity contribution is 0.0697. The van der Waals surface area contributed by atoms with Gasteiger partial charge in [-0.3, -0.25) is 0 Å². The van der Waals surface area contributed by atoms with Gasteiger partial charge in [-0.15, -0.1) is 0 Å². The zero-order valence-corrected chi connectivity index (χ0v) is 11.9. The van der Waals surface area contributed by atoms with E-state index in [1.54, 1.807) is 0 Å². The molecule has 0 amide bonds. The van der Waals surface area contributed by atoms with E-state index in [4.69, 9.17) is 0 Å². The Balaban J connectivity index is 3.14. The summed E-state index contributed by atoms with van der Waals surface area (Å²) in [5.74, 6) is -1.64. The molecule has 0 saturated heterocycles. The van der Waals surface area contributed by atoms with Crippen molar-refractivity contribution >= 4 is 11.7 Å². The van der Waals surface area contributed by atoms with E-state index in [-0.39, 0.29) is 11.6 Å². The number of halogens is 1. The van der Waals surface area contributed by atoms with E-state index >= 15 is 0 Å². The SMILES string of the molecule is CCN(c1ccc(F)cc1C(=O)O)C(C)CN(C)C. The third-order valence-electron chi connectivity index (χ3n) is 3.00. The number of carboxylic acid groups (broad SMARTS) is 1. The van der Waals surface area contributed by atoms with E-state index in [1.165, 1.54) is 12.1 Å². The van der Waals surface area contributed by atoms with E-state index in [9.17, 15) is 14.3 Å². The second-order valence-electron chi connectivity index (χ2n) is 4.86. The normalized spacial score (nSPS) is 12.5. The molecule has 19 heavy (non-hydrogen) atoms. The van der Waals surface area contributed by atoms with Gasteiger partial charge in [0, 0.05) is 19.1 Å². The number of hydrogen-bond acceptors (Lipinski definition) is 3. The third kappa shape index (κ3) is 3.92. The molecule has 0 aliphatic carbocycles. The highest BCUT2D eigenvalue weighted by Crippen LogP contribution is 2.24. The zero-order chi connectivity index (χ0) is 14.6. The molecule has 0 aliphatic rings. The Bertz CT molecular complexity index is 449. The van der Waals surface area contributed by atoms with Crippen LogP contribution in [0.25, 0.3) is 0 Å². The fourth-order valence-electron chi connectivity index (χ4n) is 2.28. The number of anilines is 1. The minimum absolute atomic E-state index is 0.00690. The Hall–Kier alpha value is -1.62. The minimum atomic E-state index is -1.11. The first-order valence-corrected chi connectivity index (χ1v) is 6.31. The van der Waals surface area contributed by atoms with Gasteiger partial charge in [0.2, 0.25) is 0 Å². The number of likely N-dealkylation sites (N-methyl/N-ethyl adjacent to an activating group) is 2. The van der Waals surface area contributed by atoms with Crippen LogP contribution in [-0.4, -0.2) is 49.2 Å². The molecule has 0 spiro atoms. The second kappa shape index (κ2) is 6.52. The van der Waals surface area contributed by atoms with E-state index in [1.807, 2.05) is 37.7 Å². The molecule has 1 unspecified atom stereocenters. The smallest absolute Gasteiger partial charge is 0.337 e. The van der Waals surface area contributed by atoms with Crippen LogP contribution in [0.5, 0.6) is 0 Å². The summed E-state index contributed by atoms with van der Waals surface area (Å²) in [4.78, 5) is 15.2. The zero-order valence-electron chi connectivity index (χ0n) is 11.9. The van der Waals surface area contributed by atoms with Gasteiger partial charge in [-0.25, -0.2) is 9.18 Å². The van der Waals surface area contributed by atoms with Gasteiger partial charge in [0.25, 0.3) is 0 Å². The van der Waals surface area contributed by atoms with Crippen LogP contribution < -0.4 is 4.90 Å². The number of benzene rings is 1. The average molecular weight is 268 g/mol. The first-order chi connectivity index (χ1) is 8.86. The maximum atomic E-state index is 13.2. The second-order valence-corrected chi connectivity index (χ2v) is 4.86. The largest absolute Gasteiger partial charge is 0.478 e. The van der Waals surface area contributed by atoms with Crippen LogP contribution in [0, 0.1) is 5.82 Å². The van der Waals surface area contributed by atoms with E-state index in [0.29, 0.717) is 12.2 Å². The predicted octanol–water partition coefficient (Wildman–Crippen LogP) is 2.30. The van der Waals surface area contributed by atoms with Crippen molar-refractivity contribution in [2.24, 2.45) is 0 Å². The number of nitrogens with zero attached hydrogens (tertiary/aromatic N) is 2.